The van der Waals surface area contributed by atoms with E-state index in [1.54, 1.807) is 12.1 Å². The molecule has 0 spiro atoms. The molecule has 23 heavy (non-hydrogen) atoms. The fourth-order valence-corrected chi connectivity index (χ4v) is 6.15. The fourth-order valence-electron chi connectivity index (χ4n) is 2.12. The summed E-state index contributed by atoms with van der Waals surface area (Å²) in [5.41, 5.74) is 11.4. The highest BCUT2D eigenvalue weighted by Crippen LogP contribution is 2.38. The Hall–Kier alpha value is -2.06. The Morgan fingerprint density at radius 3 is 1.30 bits per heavy atom. The fraction of sp³-hybridized carbons (Fsp3) is 0.200. The number of hydrogen-bond acceptors (Lipinski definition) is 6. The smallest absolute Gasteiger partial charge is 0.200 e. The Balaban J connectivity index is 2.71. The second kappa shape index (κ2) is 5.54. The molecule has 2 aromatic rings. The minimum absolute atomic E-state index is 0.00295. The van der Waals surface area contributed by atoms with Crippen LogP contribution in [0, 0.1) is 0 Å². The quantitative estimate of drug-likeness (QED) is 0.808. The van der Waals surface area contributed by atoms with Crippen LogP contribution in [0.1, 0.15) is 13.8 Å². The van der Waals surface area contributed by atoms with Crippen LogP contribution in [0.25, 0.3) is 0 Å². The van der Waals surface area contributed by atoms with E-state index < -0.39 is 23.8 Å². The third-order valence-corrected chi connectivity index (χ3v) is 9.52. The normalized spacial score (nSPS) is 13.0. The largest absolute Gasteiger partial charge is 0.398 e. The zero-order chi connectivity index (χ0) is 17.5. The van der Waals surface area contributed by atoms with Gasteiger partial charge >= 0.3 is 0 Å². The van der Waals surface area contributed by atoms with Crippen LogP contribution >= 0.6 is 0 Å². The van der Waals surface area contributed by atoms with Crippen LogP contribution in [0.5, 0.6) is 0 Å². The van der Waals surface area contributed by atoms with E-state index in [1.165, 1.54) is 36.4 Å². The molecule has 0 atom stereocenters. The summed E-state index contributed by atoms with van der Waals surface area (Å²) in [6.45, 7) is 2.27. The Kier molecular flexibility index (Phi) is 4.16. The summed E-state index contributed by atoms with van der Waals surface area (Å²) in [6.07, 6.45) is 0. The average molecular weight is 354 g/mol. The maximum absolute atomic E-state index is 12.9. The lowest BCUT2D eigenvalue weighted by Gasteiger charge is -2.26. The van der Waals surface area contributed by atoms with Crippen LogP contribution in [0.3, 0.4) is 0 Å². The molecule has 2 aromatic carbocycles. The number of nitrogen functional groups attached to an aromatic ring is 2. The summed E-state index contributed by atoms with van der Waals surface area (Å²) in [5, 5.41) is 0. The average Bonchev–Trinajstić information content (AvgIpc) is 2.47. The van der Waals surface area contributed by atoms with Crippen LogP contribution in [0.15, 0.2) is 58.3 Å². The predicted molar refractivity (Wildman–Crippen MR) is 90.2 cm³/mol. The molecule has 0 saturated heterocycles. The summed E-state index contributed by atoms with van der Waals surface area (Å²) < 4.78 is 49.5. The van der Waals surface area contributed by atoms with Gasteiger partial charge in [-0.1, -0.05) is 24.3 Å². The van der Waals surface area contributed by atoms with Crippen molar-refractivity contribution in [1.82, 2.24) is 0 Å². The molecule has 2 rings (SSSR count). The minimum atomic E-state index is -4.26. The van der Waals surface area contributed by atoms with E-state index in [-0.39, 0.29) is 21.2 Å². The van der Waals surface area contributed by atoms with E-state index in [9.17, 15) is 16.8 Å². The molecule has 0 saturated carbocycles. The summed E-state index contributed by atoms with van der Waals surface area (Å²) in [5.74, 6) is 0. The topological polar surface area (TPSA) is 120 Å². The monoisotopic (exact) mass is 354 g/mol. The summed E-state index contributed by atoms with van der Waals surface area (Å²) in [6, 6.07) is 11.5. The number of nitrogens with two attached hydrogens (primary N) is 2. The van der Waals surface area contributed by atoms with Gasteiger partial charge in [0.15, 0.2) is 23.8 Å². The van der Waals surface area contributed by atoms with Crippen molar-refractivity contribution in [1.29, 1.82) is 0 Å². The molecule has 6 nitrogen and oxygen atoms in total. The first-order valence-corrected chi connectivity index (χ1v) is 9.68. The third kappa shape index (κ3) is 2.57. The number of para-hydroxylation sites is 2. The maximum atomic E-state index is 12.9. The molecule has 0 radical (unpaired) electrons. The molecule has 0 aliphatic heterocycles. The van der Waals surface area contributed by atoms with Crippen molar-refractivity contribution >= 4 is 31.0 Å². The number of benzene rings is 2. The van der Waals surface area contributed by atoms with Gasteiger partial charge in [0.05, 0.1) is 21.2 Å². The third-order valence-electron chi connectivity index (χ3n) is 3.71. The lowest BCUT2D eigenvalue weighted by atomic mass is 10.3. The van der Waals surface area contributed by atoms with E-state index in [4.69, 9.17) is 11.5 Å². The van der Waals surface area contributed by atoms with E-state index >= 15 is 0 Å². The van der Waals surface area contributed by atoms with Gasteiger partial charge in [0.1, 0.15) is 0 Å². The Morgan fingerprint density at radius 2 is 1.00 bits per heavy atom. The second-order valence-electron chi connectivity index (χ2n) is 5.48. The van der Waals surface area contributed by atoms with Crippen molar-refractivity contribution < 1.29 is 16.8 Å². The number of hydrogen-bond donors (Lipinski definition) is 2. The molecule has 0 aliphatic rings. The molecular formula is C15H18N2O4S2. The van der Waals surface area contributed by atoms with Crippen molar-refractivity contribution in [3.8, 4) is 0 Å². The van der Waals surface area contributed by atoms with Crippen LogP contribution in [0.2, 0.25) is 0 Å². The van der Waals surface area contributed by atoms with E-state index in [2.05, 4.69) is 0 Å². The van der Waals surface area contributed by atoms with Crippen molar-refractivity contribution in [3.63, 3.8) is 0 Å². The molecule has 0 amide bonds. The Bertz CT molecular complexity index is 871. The number of rotatable bonds is 4. The van der Waals surface area contributed by atoms with Gasteiger partial charge < -0.3 is 11.5 Å². The summed E-state index contributed by atoms with van der Waals surface area (Å²) in [7, 11) is -8.52. The maximum Gasteiger partial charge on any atom is 0.200 e. The highest BCUT2D eigenvalue weighted by atomic mass is 32.3. The van der Waals surface area contributed by atoms with Gasteiger partial charge in [0.2, 0.25) is 0 Å². The molecule has 0 fully saturated rings. The Morgan fingerprint density at radius 1 is 0.696 bits per heavy atom. The minimum Gasteiger partial charge on any atom is -0.398 e. The SMILES string of the molecule is CC(C)(S(=O)(=O)c1ccccc1N)S(=O)(=O)c1ccccc1N. The van der Waals surface area contributed by atoms with Gasteiger partial charge in [-0.3, -0.25) is 0 Å². The van der Waals surface area contributed by atoms with Crippen LogP contribution in [-0.4, -0.2) is 20.9 Å². The number of sulfone groups is 2. The van der Waals surface area contributed by atoms with Crippen LogP contribution in [0.4, 0.5) is 11.4 Å². The molecule has 0 heterocycles. The highest BCUT2D eigenvalue weighted by Gasteiger charge is 2.49. The van der Waals surface area contributed by atoms with Gasteiger partial charge in [0.25, 0.3) is 0 Å². The van der Waals surface area contributed by atoms with Gasteiger partial charge in [-0.25, -0.2) is 16.8 Å². The Labute approximate surface area is 136 Å². The molecule has 124 valence electrons. The zero-order valence-electron chi connectivity index (χ0n) is 12.7. The van der Waals surface area contributed by atoms with Gasteiger partial charge in [-0.15, -0.1) is 0 Å². The molecule has 8 heteroatoms. The van der Waals surface area contributed by atoms with Crippen molar-refractivity contribution in [2.24, 2.45) is 0 Å². The number of anilines is 2. The van der Waals surface area contributed by atoms with Crippen molar-refractivity contribution in [3.05, 3.63) is 48.5 Å². The van der Waals surface area contributed by atoms with E-state index in [0.717, 1.165) is 13.8 Å². The summed E-state index contributed by atoms with van der Waals surface area (Å²) in [4.78, 5) is -0.439. The summed E-state index contributed by atoms with van der Waals surface area (Å²) >= 11 is 0. The lowest BCUT2D eigenvalue weighted by Crippen LogP contribution is -2.41. The van der Waals surface area contributed by atoms with Crippen molar-refractivity contribution in [2.75, 3.05) is 11.5 Å². The first-order valence-electron chi connectivity index (χ1n) is 6.72. The van der Waals surface area contributed by atoms with Crippen LogP contribution < -0.4 is 11.5 Å². The first-order chi connectivity index (χ1) is 10.5. The first kappa shape index (κ1) is 17.3. The molecule has 0 aromatic heterocycles. The molecule has 0 aliphatic carbocycles. The van der Waals surface area contributed by atoms with Gasteiger partial charge in [0, 0.05) is 0 Å². The molecular weight excluding hydrogens is 336 g/mol. The standard InChI is InChI=1S/C15H18N2O4S2/c1-15(2,22(18,19)13-9-5-3-7-11(13)16)23(20,21)14-10-6-4-8-12(14)17/h3-10H,16-17H2,1-2H3. The van der Waals surface area contributed by atoms with Crippen LogP contribution in [-0.2, 0) is 19.7 Å². The molecule has 0 unspecified atom stereocenters. The van der Waals surface area contributed by atoms with E-state index in [1.807, 2.05) is 0 Å². The molecule has 4 N–H and O–H groups in total. The van der Waals surface area contributed by atoms with Crippen molar-refractivity contribution in [2.45, 2.75) is 27.7 Å². The highest BCUT2D eigenvalue weighted by molar-refractivity contribution is 8.10. The molecule has 0 bridgehead atoms. The van der Waals surface area contributed by atoms with E-state index in [0.29, 0.717) is 0 Å². The zero-order valence-corrected chi connectivity index (χ0v) is 14.4. The van der Waals surface area contributed by atoms with Gasteiger partial charge in [-0.2, -0.15) is 0 Å². The lowest BCUT2D eigenvalue weighted by molar-refractivity contribution is 0.556. The predicted octanol–water partition coefficient (Wildman–Crippen LogP) is 1.83. The van der Waals surface area contributed by atoms with Gasteiger partial charge in [-0.05, 0) is 38.1 Å². The second-order valence-corrected chi connectivity index (χ2v) is 10.7.